The molecule has 0 aromatic carbocycles. The Labute approximate surface area is 47.3 Å². The quantitative estimate of drug-likeness (QED) is 0.582. The summed E-state index contributed by atoms with van der Waals surface area (Å²) in [5.41, 5.74) is 0. The Hall–Kier alpha value is 0.218. The summed E-state index contributed by atoms with van der Waals surface area (Å²) < 4.78 is 30.5. The van der Waals surface area contributed by atoms with Crippen LogP contribution >= 0.6 is 0 Å². The van der Waals surface area contributed by atoms with E-state index in [9.17, 15) is 13.2 Å². The molecule has 0 spiro atoms. The second kappa shape index (κ2) is 5.22. The minimum atomic E-state index is -2.41. The van der Waals surface area contributed by atoms with Crippen molar-refractivity contribution in [2.45, 2.75) is 0 Å². The summed E-state index contributed by atoms with van der Waals surface area (Å²) >= 11 is 0. The first kappa shape index (κ1) is 9.52. The summed E-state index contributed by atoms with van der Waals surface area (Å²) in [5, 5.41) is 0. The van der Waals surface area contributed by atoms with Gasteiger partial charge in [0.2, 0.25) is 0 Å². The summed E-state index contributed by atoms with van der Waals surface area (Å²) in [5.74, 6) is 0. The van der Waals surface area contributed by atoms with Crippen LogP contribution < -0.4 is 0 Å². The number of rotatable bonds is 0. The number of hydrogen-bond donors (Lipinski definition) is 0. The molecule has 0 N–H and O–H groups in total. The molecule has 0 aliphatic heterocycles. The molecular formula is C2F3W-. The number of halogens is 3. The third-order valence-corrected chi connectivity index (χ3v) is 0.0714. The van der Waals surface area contributed by atoms with E-state index in [0.29, 0.717) is 0 Å². The van der Waals surface area contributed by atoms with Crippen LogP contribution in [0.5, 0.6) is 0 Å². The van der Waals surface area contributed by atoms with E-state index in [0.717, 1.165) is 0 Å². The molecule has 0 rings (SSSR count). The van der Waals surface area contributed by atoms with Crippen LogP contribution in [0.3, 0.4) is 0 Å². The summed E-state index contributed by atoms with van der Waals surface area (Å²) in [6.45, 7) is 0. The zero-order chi connectivity index (χ0) is 4.28. The molecule has 0 aliphatic rings. The second-order valence-corrected chi connectivity index (χ2v) is 0.355. The van der Waals surface area contributed by atoms with Crippen LogP contribution in [0.15, 0.2) is 6.08 Å². The van der Waals surface area contributed by atoms with Crippen LogP contribution in [0.4, 0.5) is 13.2 Å². The Balaban J connectivity index is 0. The van der Waals surface area contributed by atoms with Crippen LogP contribution in [0.2, 0.25) is 0 Å². The van der Waals surface area contributed by atoms with Crippen molar-refractivity contribution in [2.75, 3.05) is 0 Å². The fourth-order valence-electron chi connectivity index (χ4n) is 0. The monoisotopic (exact) mass is 265 g/mol. The third-order valence-electron chi connectivity index (χ3n) is 0.0714. The zero-order valence-corrected chi connectivity index (χ0v) is 5.48. The average Bonchev–Trinajstić information content (AvgIpc) is 1.38. The fraction of sp³-hybridized carbons (Fsp3) is 0. The van der Waals surface area contributed by atoms with Gasteiger partial charge in [-0.05, 0) is 0 Å². The molecule has 0 nitrogen and oxygen atoms in total. The zero-order valence-electron chi connectivity index (χ0n) is 2.54. The van der Waals surface area contributed by atoms with Gasteiger partial charge in [-0.15, -0.1) is 0 Å². The molecule has 0 amide bonds. The third kappa shape index (κ3) is 8.88. The molecule has 0 unspecified atom stereocenters. The van der Waals surface area contributed by atoms with Crippen molar-refractivity contribution in [3.05, 3.63) is 12.4 Å². The average molecular weight is 265 g/mol. The first-order valence-electron chi connectivity index (χ1n) is 0.817. The molecule has 0 atom stereocenters. The largest absolute Gasteiger partial charge is 0.453 e. The Bertz CT molecular complexity index is 46.8. The minimum absolute atomic E-state index is 0. The normalized spacial score (nSPS) is 5.83. The van der Waals surface area contributed by atoms with Gasteiger partial charge in [0.25, 0.3) is 0 Å². The van der Waals surface area contributed by atoms with Gasteiger partial charge in [-0.1, -0.05) is 0 Å². The molecule has 0 aliphatic carbocycles. The fourth-order valence-corrected chi connectivity index (χ4v) is 0. The second-order valence-electron chi connectivity index (χ2n) is 0.355. The van der Waals surface area contributed by atoms with Crippen molar-refractivity contribution >= 4 is 0 Å². The summed E-state index contributed by atoms with van der Waals surface area (Å²) in [7, 11) is 0. The first-order valence-corrected chi connectivity index (χ1v) is 0.817. The van der Waals surface area contributed by atoms with Crippen molar-refractivity contribution in [3.63, 3.8) is 0 Å². The molecule has 0 aromatic rings. The van der Waals surface area contributed by atoms with Gasteiger partial charge >= 0.3 is 0 Å². The van der Waals surface area contributed by atoms with Crippen LogP contribution in [0.25, 0.3) is 0 Å². The van der Waals surface area contributed by atoms with Gasteiger partial charge < -0.3 is 4.39 Å². The van der Waals surface area contributed by atoms with E-state index in [4.69, 9.17) is 0 Å². The molecular weight excluding hydrogens is 265 g/mol. The molecule has 36 valence electrons. The number of hydrogen-bond acceptors (Lipinski definition) is 0. The molecule has 4 heteroatoms. The van der Waals surface area contributed by atoms with Gasteiger partial charge in [0.15, 0.2) is 0 Å². The van der Waals surface area contributed by atoms with E-state index in [-0.39, 0.29) is 27.4 Å². The van der Waals surface area contributed by atoms with Crippen LogP contribution in [0.1, 0.15) is 0 Å². The van der Waals surface area contributed by atoms with E-state index in [1.54, 1.807) is 0 Å². The van der Waals surface area contributed by atoms with E-state index < -0.39 is 6.08 Å². The predicted molar refractivity (Wildman–Crippen MR) is 10.1 cm³/mol. The van der Waals surface area contributed by atoms with Gasteiger partial charge in [0, 0.05) is 21.1 Å². The van der Waals surface area contributed by atoms with Gasteiger partial charge in [-0.25, -0.2) is 15.1 Å². The smallest absolute Gasteiger partial charge is 0.120 e. The minimum Gasteiger partial charge on any atom is -0.453 e. The molecule has 0 radical (unpaired) electrons. The summed E-state index contributed by atoms with van der Waals surface area (Å²) in [4.78, 5) is 0. The molecule has 0 saturated carbocycles. The molecule has 6 heavy (non-hydrogen) atoms. The maximum Gasteiger partial charge on any atom is 0.120 e. The SMILES string of the molecule is F[C-]=C(F)F.[W]. The van der Waals surface area contributed by atoms with Crippen LogP contribution in [-0.2, 0) is 21.1 Å². The van der Waals surface area contributed by atoms with Crippen molar-refractivity contribution in [1.82, 2.24) is 0 Å². The maximum absolute atomic E-state index is 10.2. The standard InChI is InChI=1S/C2F3.W/c3-1-2(4)5;/q-1;. The van der Waals surface area contributed by atoms with Gasteiger partial charge in [-0.3, -0.25) is 0 Å². The Morgan fingerprint density at radius 2 is 1.50 bits per heavy atom. The van der Waals surface area contributed by atoms with E-state index >= 15 is 0 Å². The Morgan fingerprint density at radius 3 is 1.50 bits per heavy atom. The van der Waals surface area contributed by atoms with E-state index in [1.807, 2.05) is 0 Å². The van der Waals surface area contributed by atoms with Crippen molar-refractivity contribution in [2.24, 2.45) is 0 Å². The Kier molecular flexibility index (Phi) is 8.28. The van der Waals surface area contributed by atoms with Crippen LogP contribution in [-0.4, -0.2) is 0 Å². The van der Waals surface area contributed by atoms with Gasteiger partial charge in [0.05, 0.1) is 0 Å². The summed E-state index contributed by atoms with van der Waals surface area (Å²) in [6, 6.07) is 0. The van der Waals surface area contributed by atoms with Crippen molar-refractivity contribution in [1.29, 1.82) is 0 Å². The first-order chi connectivity index (χ1) is 2.27. The maximum atomic E-state index is 10.2. The predicted octanol–water partition coefficient (Wildman–Crippen LogP) is 1.49. The van der Waals surface area contributed by atoms with Gasteiger partial charge in [-0.2, -0.15) is 0 Å². The van der Waals surface area contributed by atoms with Crippen molar-refractivity contribution in [3.8, 4) is 0 Å². The molecule has 0 heterocycles. The molecule has 0 bridgehead atoms. The van der Waals surface area contributed by atoms with E-state index in [1.165, 1.54) is 0 Å². The van der Waals surface area contributed by atoms with Gasteiger partial charge in [0.1, 0.15) is 6.08 Å². The van der Waals surface area contributed by atoms with Crippen LogP contribution in [0, 0.1) is 6.33 Å². The topological polar surface area (TPSA) is 0 Å². The van der Waals surface area contributed by atoms with E-state index in [2.05, 4.69) is 0 Å². The Morgan fingerprint density at radius 1 is 1.33 bits per heavy atom. The van der Waals surface area contributed by atoms with Crippen molar-refractivity contribution < 1.29 is 34.2 Å². The summed E-state index contributed by atoms with van der Waals surface area (Å²) in [6.07, 6.45) is -2.30. The molecule has 0 aromatic heterocycles. The molecule has 0 fully saturated rings. The molecule has 0 saturated heterocycles.